The zero-order valence-electron chi connectivity index (χ0n) is 15.0. The summed E-state index contributed by atoms with van der Waals surface area (Å²) in [6, 6.07) is 16.6. The van der Waals surface area contributed by atoms with E-state index < -0.39 is 0 Å². The number of benzene rings is 2. The van der Waals surface area contributed by atoms with Crippen LogP contribution in [0, 0.1) is 0 Å². The molecule has 0 unspecified atom stereocenters. The Morgan fingerprint density at radius 3 is 2.15 bits per heavy atom. The maximum Gasteiger partial charge on any atom is 0.223 e. The number of anilines is 2. The molecule has 0 fully saturated rings. The third-order valence-corrected chi connectivity index (χ3v) is 3.77. The molecule has 0 saturated carbocycles. The molecule has 6 nitrogen and oxygen atoms in total. The molecule has 2 rings (SSSR count). The number of rotatable bonds is 7. The van der Waals surface area contributed by atoms with Crippen LogP contribution in [0.25, 0.3) is 0 Å². The zero-order valence-corrected chi connectivity index (χ0v) is 15.0. The molecule has 0 spiro atoms. The van der Waals surface area contributed by atoms with Crippen molar-refractivity contribution in [3.63, 3.8) is 0 Å². The van der Waals surface area contributed by atoms with Gasteiger partial charge in [-0.3, -0.25) is 14.4 Å². The van der Waals surface area contributed by atoms with Crippen LogP contribution in [0.2, 0.25) is 0 Å². The summed E-state index contributed by atoms with van der Waals surface area (Å²) in [5, 5.41) is 5.53. The molecule has 0 aliphatic rings. The predicted octanol–water partition coefficient (Wildman–Crippen LogP) is 2.70. The lowest BCUT2D eigenvalue weighted by molar-refractivity contribution is -0.121. The minimum Gasteiger partial charge on any atom is -0.352 e. The second kappa shape index (κ2) is 9.36. The van der Waals surface area contributed by atoms with E-state index in [0.29, 0.717) is 17.9 Å². The molecule has 0 atom stereocenters. The molecule has 2 aromatic rings. The molecule has 0 radical (unpaired) electrons. The van der Waals surface area contributed by atoms with E-state index in [4.69, 9.17) is 0 Å². The van der Waals surface area contributed by atoms with Crippen molar-refractivity contribution in [3.8, 4) is 0 Å². The molecular formula is C20H23N3O3. The van der Waals surface area contributed by atoms with E-state index in [1.807, 2.05) is 30.3 Å². The van der Waals surface area contributed by atoms with Crippen molar-refractivity contribution >= 4 is 29.1 Å². The number of hydrogen-bond donors (Lipinski definition) is 2. The highest BCUT2D eigenvalue weighted by Crippen LogP contribution is 2.18. The Morgan fingerprint density at radius 2 is 1.58 bits per heavy atom. The van der Waals surface area contributed by atoms with E-state index in [1.165, 1.54) is 13.8 Å². The van der Waals surface area contributed by atoms with Gasteiger partial charge < -0.3 is 15.5 Å². The SMILES string of the molecule is CC(=O)Nc1ccc(N(CCC(=O)NCc2ccccc2)C(C)=O)cc1. The van der Waals surface area contributed by atoms with Crippen LogP contribution >= 0.6 is 0 Å². The van der Waals surface area contributed by atoms with E-state index in [2.05, 4.69) is 10.6 Å². The first-order chi connectivity index (χ1) is 12.5. The quantitative estimate of drug-likeness (QED) is 0.803. The van der Waals surface area contributed by atoms with Crippen LogP contribution in [0.5, 0.6) is 0 Å². The smallest absolute Gasteiger partial charge is 0.223 e. The van der Waals surface area contributed by atoms with Gasteiger partial charge in [-0.25, -0.2) is 0 Å². The molecule has 2 N–H and O–H groups in total. The molecule has 26 heavy (non-hydrogen) atoms. The molecule has 3 amide bonds. The molecule has 0 bridgehead atoms. The second-order valence-corrected chi connectivity index (χ2v) is 5.91. The first-order valence-corrected chi connectivity index (χ1v) is 8.42. The molecule has 0 aromatic heterocycles. The van der Waals surface area contributed by atoms with Crippen LogP contribution in [0.3, 0.4) is 0 Å². The molecule has 6 heteroatoms. The van der Waals surface area contributed by atoms with Crippen molar-refractivity contribution < 1.29 is 14.4 Å². The molecule has 0 aliphatic heterocycles. The number of carbonyl (C=O) groups is 3. The van der Waals surface area contributed by atoms with Crippen LogP contribution in [0.15, 0.2) is 54.6 Å². The Hall–Kier alpha value is -3.15. The average Bonchev–Trinajstić information content (AvgIpc) is 2.61. The first kappa shape index (κ1) is 19.2. The Kier molecular flexibility index (Phi) is 6.91. The highest BCUT2D eigenvalue weighted by atomic mass is 16.2. The zero-order chi connectivity index (χ0) is 18.9. The lowest BCUT2D eigenvalue weighted by Crippen LogP contribution is -2.33. The number of hydrogen-bond acceptors (Lipinski definition) is 3. The summed E-state index contributed by atoms with van der Waals surface area (Å²) < 4.78 is 0. The average molecular weight is 353 g/mol. The van der Waals surface area contributed by atoms with Crippen molar-refractivity contribution in [1.29, 1.82) is 0 Å². The summed E-state index contributed by atoms with van der Waals surface area (Å²) in [4.78, 5) is 36.6. The van der Waals surface area contributed by atoms with Gasteiger partial charge in [0.05, 0.1) is 0 Å². The largest absolute Gasteiger partial charge is 0.352 e. The summed E-state index contributed by atoms with van der Waals surface area (Å²) in [5.74, 6) is -0.417. The Labute approximate surface area is 153 Å². The van der Waals surface area contributed by atoms with Crippen LogP contribution in [0.1, 0.15) is 25.8 Å². The topological polar surface area (TPSA) is 78.5 Å². The molecule has 136 valence electrons. The summed E-state index contributed by atoms with van der Waals surface area (Å²) in [6.45, 7) is 3.65. The van der Waals surface area contributed by atoms with Crippen molar-refractivity contribution in [2.45, 2.75) is 26.8 Å². The molecule has 0 saturated heterocycles. The lowest BCUT2D eigenvalue weighted by atomic mass is 10.2. The third-order valence-electron chi connectivity index (χ3n) is 3.77. The van der Waals surface area contributed by atoms with Crippen LogP contribution < -0.4 is 15.5 Å². The van der Waals surface area contributed by atoms with Gasteiger partial charge in [-0.2, -0.15) is 0 Å². The Morgan fingerprint density at radius 1 is 0.923 bits per heavy atom. The van der Waals surface area contributed by atoms with Gasteiger partial charge in [-0.1, -0.05) is 30.3 Å². The monoisotopic (exact) mass is 353 g/mol. The van der Waals surface area contributed by atoms with Crippen LogP contribution in [0.4, 0.5) is 11.4 Å². The van der Waals surface area contributed by atoms with E-state index in [-0.39, 0.29) is 30.7 Å². The number of carbonyl (C=O) groups excluding carboxylic acids is 3. The standard InChI is InChI=1S/C20H23N3O3/c1-15(24)22-18-8-10-19(11-9-18)23(16(2)25)13-12-20(26)21-14-17-6-4-3-5-7-17/h3-11H,12-14H2,1-2H3,(H,21,26)(H,22,24). The van der Waals surface area contributed by atoms with Gasteiger partial charge in [0.1, 0.15) is 0 Å². The first-order valence-electron chi connectivity index (χ1n) is 8.42. The Balaban J connectivity index is 1.90. The third kappa shape index (κ3) is 6.05. The fraction of sp³-hybridized carbons (Fsp3) is 0.250. The highest BCUT2D eigenvalue weighted by Gasteiger charge is 2.13. The van der Waals surface area contributed by atoms with E-state index in [0.717, 1.165) is 5.56 Å². The fourth-order valence-electron chi connectivity index (χ4n) is 2.49. The molecule has 0 heterocycles. The van der Waals surface area contributed by atoms with Crippen molar-refractivity contribution in [2.24, 2.45) is 0 Å². The molecule has 2 aromatic carbocycles. The van der Waals surface area contributed by atoms with Gasteiger partial charge in [0.2, 0.25) is 17.7 Å². The van der Waals surface area contributed by atoms with Gasteiger partial charge >= 0.3 is 0 Å². The minimum absolute atomic E-state index is 0.116. The van der Waals surface area contributed by atoms with Crippen LogP contribution in [-0.4, -0.2) is 24.3 Å². The second-order valence-electron chi connectivity index (χ2n) is 5.91. The number of amides is 3. The van der Waals surface area contributed by atoms with Gasteiger partial charge in [0, 0.05) is 44.7 Å². The summed E-state index contributed by atoms with van der Waals surface area (Å²) >= 11 is 0. The van der Waals surface area contributed by atoms with Gasteiger partial charge in [-0.05, 0) is 29.8 Å². The van der Waals surface area contributed by atoms with Crippen LogP contribution in [-0.2, 0) is 20.9 Å². The summed E-state index contributed by atoms with van der Waals surface area (Å²) in [7, 11) is 0. The van der Waals surface area contributed by atoms with E-state index in [1.54, 1.807) is 29.2 Å². The predicted molar refractivity (Wildman–Crippen MR) is 102 cm³/mol. The maximum absolute atomic E-state index is 12.1. The lowest BCUT2D eigenvalue weighted by Gasteiger charge is -2.21. The summed E-state index contributed by atoms with van der Waals surface area (Å²) in [5.41, 5.74) is 2.37. The van der Waals surface area contributed by atoms with Crippen molar-refractivity contribution in [1.82, 2.24) is 5.32 Å². The summed E-state index contributed by atoms with van der Waals surface area (Å²) in [6.07, 6.45) is 0.208. The van der Waals surface area contributed by atoms with Gasteiger partial charge in [0.25, 0.3) is 0 Å². The Bertz CT molecular complexity index is 758. The van der Waals surface area contributed by atoms with E-state index in [9.17, 15) is 14.4 Å². The van der Waals surface area contributed by atoms with Crippen molar-refractivity contribution in [3.05, 3.63) is 60.2 Å². The van der Waals surface area contributed by atoms with Gasteiger partial charge in [-0.15, -0.1) is 0 Å². The number of nitrogens with zero attached hydrogens (tertiary/aromatic N) is 1. The van der Waals surface area contributed by atoms with E-state index >= 15 is 0 Å². The molecule has 0 aliphatic carbocycles. The highest BCUT2D eigenvalue weighted by molar-refractivity contribution is 5.93. The normalized spacial score (nSPS) is 10.1. The fourth-order valence-corrected chi connectivity index (χ4v) is 2.49. The molecular weight excluding hydrogens is 330 g/mol. The maximum atomic E-state index is 12.1. The van der Waals surface area contributed by atoms with Crippen molar-refractivity contribution in [2.75, 3.05) is 16.8 Å². The van der Waals surface area contributed by atoms with Gasteiger partial charge in [0.15, 0.2) is 0 Å². The number of nitrogens with one attached hydrogen (secondary N) is 2. The minimum atomic E-state index is -0.156.